The molecule has 0 atom stereocenters. The van der Waals surface area contributed by atoms with E-state index in [1.165, 1.54) is 13.2 Å². The molecule has 3 aromatic rings. The summed E-state index contributed by atoms with van der Waals surface area (Å²) in [4.78, 5) is 12.4. The number of methoxy groups -OCH3 is 2. The zero-order valence-electron chi connectivity index (χ0n) is 17.6. The Balaban J connectivity index is 1.82. The van der Waals surface area contributed by atoms with Crippen LogP contribution in [0.4, 0.5) is 13.2 Å². The largest absolute Gasteiger partial charge is 0.497 e. The molecule has 0 heterocycles. The fourth-order valence-electron chi connectivity index (χ4n) is 2.93. The molecule has 8 heteroatoms. The predicted molar refractivity (Wildman–Crippen MR) is 116 cm³/mol. The third kappa shape index (κ3) is 5.71. The van der Waals surface area contributed by atoms with Crippen LogP contribution in [-0.4, -0.2) is 20.2 Å². The van der Waals surface area contributed by atoms with Gasteiger partial charge in [0.2, 0.25) is 0 Å². The topological polar surface area (TPSA) is 68.5 Å². The third-order valence-electron chi connectivity index (χ3n) is 4.67. The summed E-state index contributed by atoms with van der Waals surface area (Å²) in [5, 5.41) is 9.54. The molecule has 0 N–H and O–H groups in total. The molecule has 0 aromatic heterocycles. The molecule has 0 bridgehead atoms. The van der Waals surface area contributed by atoms with E-state index >= 15 is 0 Å². The molecule has 0 aliphatic rings. The highest BCUT2D eigenvalue weighted by Gasteiger charge is 2.30. The van der Waals surface area contributed by atoms with Crippen LogP contribution in [0.2, 0.25) is 0 Å². The Morgan fingerprint density at radius 2 is 1.52 bits per heavy atom. The minimum atomic E-state index is -4.50. The second kappa shape index (κ2) is 9.92. The van der Waals surface area contributed by atoms with Gasteiger partial charge in [-0.25, -0.2) is 4.79 Å². The van der Waals surface area contributed by atoms with Gasteiger partial charge in [-0.05, 0) is 77.9 Å². The molecule has 0 saturated carbocycles. The number of halogens is 3. The summed E-state index contributed by atoms with van der Waals surface area (Å²) in [5.41, 5.74) is 0.802. The van der Waals surface area contributed by atoms with E-state index in [0.717, 1.165) is 24.3 Å². The van der Waals surface area contributed by atoms with Crippen LogP contribution in [0.25, 0.3) is 11.6 Å². The first-order valence-electron chi connectivity index (χ1n) is 9.59. The van der Waals surface area contributed by atoms with Crippen molar-refractivity contribution in [2.24, 2.45) is 0 Å². The van der Waals surface area contributed by atoms with Gasteiger partial charge in [0.1, 0.15) is 5.75 Å². The lowest BCUT2D eigenvalue weighted by atomic mass is 10.0. The van der Waals surface area contributed by atoms with Crippen LogP contribution in [0.15, 0.2) is 66.7 Å². The van der Waals surface area contributed by atoms with E-state index in [9.17, 15) is 23.2 Å². The Hall–Kier alpha value is -4.25. The van der Waals surface area contributed by atoms with Crippen molar-refractivity contribution in [2.75, 3.05) is 14.2 Å². The number of allylic oxidation sites excluding steroid dienone is 1. The number of carbonyl (C=O) groups is 1. The van der Waals surface area contributed by atoms with Crippen LogP contribution in [0.3, 0.4) is 0 Å². The lowest BCUT2D eigenvalue weighted by molar-refractivity contribution is -0.137. The van der Waals surface area contributed by atoms with E-state index in [4.69, 9.17) is 14.2 Å². The summed E-state index contributed by atoms with van der Waals surface area (Å²) in [7, 11) is 2.93. The number of nitriles is 1. The fraction of sp³-hybridized carbons (Fsp3) is 0.120. The van der Waals surface area contributed by atoms with Crippen LogP contribution < -0.4 is 14.2 Å². The van der Waals surface area contributed by atoms with E-state index in [2.05, 4.69) is 6.07 Å². The van der Waals surface area contributed by atoms with Gasteiger partial charge in [-0.2, -0.15) is 18.4 Å². The van der Waals surface area contributed by atoms with Crippen molar-refractivity contribution in [3.8, 4) is 23.3 Å². The average molecular weight is 453 g/mol. The zero-order valence-corrected chi connectivity index (χ0v) is 17.6. The number of hydrogen-bond acceptors (Lipinski definition) is 5. The molecule has 0 saturated heterocycles. The molecule has 0 radical (unpaired) electrons. The van der Waals surface area contributed by atoms with Crippen LogP contribution in [0.1, 0.15) is 27.0 Å². The molecule has 0 fully saturated rings. The summed E-state index contributed by atoms with van der Waals surface area (Å²) in [6.07, 6.45) is -2.85. The maximum Gasteiger partial charge on any atom is 0.416 e. The fourth-order valence-corrected chi connectivity index (χ4v) is 2.93. The van der Waals surface area contributed by atoms with Crippen molar-refractivity contribution in [3.05, 3.63) is 89.0 Å². The van der Waals surface area contributed by atoms with Gasteiger partial charge in [0.15, 0.2) is 11.5 Å². The van der Waals surface area contributed by atoms with Crippen LogP contribution >= 0.6 is 0 Å². The van der Waals surface area contributed by atoms with Gasteiger partial charge in [-0.15, -0.1) is 0 Å². The Bertz CT molecular complexity index is 1210. The second-order valence-electron chi connectivity index (χ2n) is 6.77. The predicted octanol–water partition coefficient (Wildman–Crippen LogP) is 6.01. The smallest absolute Gasteiger partial charge is 0.416 e. The van der Waals surface area contributed by atoms with Gasteiger partial charge >= 0.3 is 12.1 Å². The van der Waals surface area contributed by atoms with E-state index < -0.39 is 17.7 Å². The van der Waals surface area contributed by atoms with Crippen LogP contribution in [0.5, 0.6) is 17.2 Å². The molecule has 0 amide bonds. The number of nitrogens with zero attached hydrogens (tertiary/aromatic N) is 1. The first-order chi connectivity index (χ1) is 15.7. The SMILES string of the molecule is COc1ccc(/C(C#N)=C\c2ccc(OC(=O)c3ccc(C(F)(F)F)cc3)c(OC)c2)cc1. The molecule has 3 rings (SSSR count). The summed E-state index contributed by atoms with van der Waals surface area (Å²) >= 11 is 0. The summed E-state index contributed by atoms with van der Waals surface area (Å²) in [5.74, 6) is 0.136. The third-order valence-corrected chi connectivity index (χ3v) is 4.67. The summed E-state index contributed by atoms with van der Waals surface area (Å²) in [6, 6.07) is 17.5. The van der Waals surface area contributed by atoms with E-state index in [-0.39, 0.29) is 17.1 Å². The Morgan fingerprint density at radius 1 is 0.879 bits per heavy atom. The standard InChI is InChI=1S/C25H18F3NO4/c1-31-21-10-6-17(7-11-21)19(15-29)13-16-3-12-22(23(14-16)32-2)33-24(30)18-4-8-20(9-5-18)25(26,27)28/h3-14H,1-2H3/b19-13-. The molecular formula is C25H18F3NO4. The lowest BCUT2D eigenvalue weighted by Gasteiger charge is -2.11. The molecule has 3 aromatic carbocycles. The second-order valence-corrected chi connectivity index (χ2v) is 6.77. The average Bonchev–Trinajstić information content (AvgIpc) is 2.82. The normalized spacial score (nSPS) is 11.5. The Morgan fingerprint density at radius 3 is 2.06 bits per heavy atom. The highest BCUT2D eigenvalue weighted by Crippen LogP contribution is 2.32. The number of benzene rings is 3. The number of carbonyl (C=O) groups excluding carboxylic acids is 1. The van der Waals surface area contributed by atoms with Gasteiger partial charge in [0.05, 0.1) is 37.0 Å². The molecule has 0 aliphatic heterocycles. The highest BCUT2D eigenvalue weighted by molar-refractivity contribution is 5.92. The molecule has 5 nitrogen and oxygen atoms in total. The van der Waals surface area contributed by atoms with Crippen molar-refractivity contribution in [1.29, 1.82) is 5.26 Å². The molecule has 0 aliphatic carbocycles. The monoisotopic (exact) mass is 453 g/mol. The van der Waals surface area contributed by atoms with E-state index in [1.54, 1.807) is 49.6 Å². The maximum absolute atomic E-state index is 12.7. The summed E-state index contributed by atoms with van der Waals surface area (Å²) < 4.78 is 53.8. The van der Waals surface area contributed by atoms with Gasteiger partial charge in [0, 0.05) is 0 Å². The quantitative estimate of drug-likeness (QED) is 0.198. The molecule has 33 heavy (non-hydrogen) atoms. The number of rotatable bonds is 6. The zero-order chi connectivity index (χ0) is 24.0. The van der Waals surface area contributed by atoms with Crippen molar-refractivity contribution in [2.45, 2.75) is 6.18 Å². The number of hydrogen-bond donors (Lipinski definition) is 0. The minimum Gasteiger partial charge on any atom is -0.497 e. The van der Waals surface area contributed by atoms with Crippen LogP contribution in [-0.2, 0) is 6.18 Å². The Labute approximate surface area is 188 Å². The van der Waals surface area contributed by atoms with Crippen molar-refractivity contribution < 1.29 is 32.2 Å². The highest BCUT2D eigenvalue weighted by atomic mass is 19.4. The minimum absolute atomic E-state index is 0.0414. The van der Waals surface area contributed by atoms with E-state index in [0.29, 0.717) is 22.4 Å². The molecule has 0 unspecified atom stereocenters. The van der Waals surface area contributed by atoms with Gasteiger partial charge in [-0.3, -0.25) is 0 Å². The maximum atomic E-state index is 12.7. The van der Waals surface area contributed by atoms with Crippen molar-refractivity contribution >= 4 is 17.6 Å². The summed E-state index contributed by atoms with van der Waals surface area (Å²) in [6.45, 7) is 0. The van der Waals surface area contributed by atoms with Gasteiger partial charge < -0.3 is 14.2 Å². The number of ether oxygens (including phenoxy) is 3. The molecular weight excluding hydrogens is 435 g/mol. The molecule has 0 spiro atoms. The van der Waals surface area contributed by atoms with Crippen molar-refractivity contribution in [1.82, 2.24) is 0 Å². The van der Waals surface area contributed by atoms with Gasteiger partial charge in [0.25, 0.3) is 0 Å². The number of alkyl halides is 3. The van der Waals surface area contributed by atoms with Crippen molar-refractivity contribution in [3.63, 3.8) is 0 Å². The Kier molecular flexibility index (Phi) is 7.04. The first kappa shape index (κ1) is 23.4. The van der Waals surface area contributed by atoms with Crippen LogP contribution in [0, 0.1) is 11.3 Å². The van der Waals surface area contributed by atoms with Gasteiger partial charge in [-0.1, -0.05) is 6.07 Å². The number of esters is 1. The first-order valence-corrected chi connectivity index (χ1v) is 9.59. The molecule has 168 valence electrons. The van der Waals surface area contributed by atoms with E-state index in [1.807, 2.05) is 0 Å². The lowest BCUT2D eigenvalue weighted by Crippen LogP contribution is -2.11.